The van der Waals surface area contributed by atoms with Gasteiger partial charge < -0.3 is 10.1 Å². The number of alkyl halides is 3. The van der Waals surface area contributed by atoms with E-state index in [1.807, 2.05) is 6.92 Å². The Labute approximate surface area is 116 Å². The highest BCUT2D eigenvalue weighted by Crippen LogP contribution is 2.43. The average molecular weight is 297 g/mol. The van der Waals surface area contributed by atoms with E-state index in [-0.39, 0.29) is 11.5 Å². The van der Waals surface area contributed by atoms with Crippen LogP contribution < -0.4 is 5.32 Å². The summed E-state index contributed by atoms with van der Waals surface area (Å²) < 4.78 is 45.4. The molecule has 112 valence electrons. The second-order valence-corrected chi connectivity index (χ2v) is 6.67. The normalized spacial score (nSPS) is 33.8. The topological polar surface area (TPSA) is 21.3 Å². The number of ether oxygens (including phenoxy) is 1. The Morgan fingerprint density at radius 2 is 2.26 bits per heavy atom. The molecule has 3 unspecified atom stereocenters. The summed E-state index contributed by atoms with van der Waals surface area (Å²) in [5.41, 5.74) is -0.287. The van der Waals surface area contributed by atoms with Gasteiger partial charge in [-0.25, -0.2) is 0 Å². The predicted molar refractivity (Wildman–Crippen MR) is 71.5 cm³/mol. The van der Waals surface area contributed by atoms with Crippen LogP contribution in [-0.2, 0) is 4.74 Å². The van der Waals surface area contributed by atoms with Crippen LogP contribution in [0.3, 0.4) is 0 Å². The van der Waals surface area contributed by atoms with E-state index < -0.39 is 12.2 Å². The molecule has 0 aromatic heterocycles. The van der Waals surface area contributed by atoms with Gasteiger partial charge in [-0.1, -0.05) is 6.92 Å². The van der Waals surface area contributed by atoms with E-state index in [1.54, 1.807) is 11.8 Å². The summed E-state index contributed by atoms with van der Waals surface area (Å²) in [6, 6.07) is -1.38. The molecule has 2 fully saturated rings. The van der Waals surface area contributed by atoms with Gasteiger partial charge in [-0.05, 0) is 43.9 Å². The Balaban J connectivity index is 2.03. The molecule has 2 saturated heterocycles. The van der Waals surface area contributed by atoms with Gasteiger partial charge in [0.1, 0.15) is 6.04 Å². The maximum Gasteiger partial charge on any atom is 0.404 e. The zero-order valence-electron chi connectivity index (χ0n) is 11.3. The van der Waals surface area contributed by atoms with E-state index in [1.165, 1.54) is 0 Å². The minimum Gasteiger partial charge on any atom is -0.374 e. The van der Waals surface area contributed by atoms with Crippen molar-refractivity contribution in [3.05, 3.63) is 0 Å². The van der Waals surface area contributed by atoms with Crippen molar-refractivity contribution < 1.29 is 17.9 Å². The molecule has 0 amide bonds. The van der Waals surface area contributed by atoms with Crippen LogP contribution >= 0.6 is 11.8 Å². The highest BCUT2D eigenvalue weighted by atomic mass is 32.2. The average Bonchev–Trinajstić information content (AvgIpc) is 2.76. The number of rotatable bonds is 4. The third-order valence-electron chi connectivity index (χ3n) is 4.04. The van der Waals surface area contributed by atoms with Crippen LogP contribution in [0.2, 0.25) is 0 Å². The Morgan fingerprint density at radius 3 is 2.84 bits per heavy atom. The van der Waals surface area contributed by atoms with Crippen molar-refractivity contribution >= 4 is 11.8 Å². The SMILES string of the molecule is CCCNC(C1CCOC2(CCSC2)C1)C(F)(F)F. The summed E-state index contributed by atoms with van der Waals surface area (Å²) in [7, 11) is 0. The summed E-state index contributed by atoms with van der Waals surface area (Å²) in [5, 5.41) is 2.70. The molecule has 0 aromatic carbocycles. The zero-order chi connectivity index (χ0) is 13.9. The first-order chi connectivity index (χ1) is 8.97. The smallest absolute Gasteiger partial charge is 0.374 e. The molecule has 1 N–H and O–H groups in total. The van der Waals surface area contributed by atoms with Crippen LogP contribution in [0.15, 0.2) is 0 Å². The molecular formula is C13H22F3NOS. The van der Waals surface area contributed by atoms with Gasteiger partial charge in [-0.2, -0.15) is 24.9 Å². The molecular weight excluding hydrogens is 275 g/mol. The van der Waals surface area contributed by atoms with Crippen LogP contribution in [-0.4, -0.2) is 42.5 Å². The van der Waals surface area contributed by atoms with E-state index in [0.29, 0.717) is 26.0 Å². The third-order valence-corrected chi connectivity index (χ3v) is 5.26. The third kappa shape index (κ3) is 3.79. The molecule has 0 aliphatic carbocycles. The van der Waals surface area contributed by atoms with Gasteiger partial charge in [0, 0.05) is 12.4 Å². The van der Waals surface area contributed by atoms with Crippen LogP contribution in [0.5, 0.6) is 0 Å². The minimum absolute atomic E-state index is 0.287. The summed E-state index contributed by atoms with van der Waals surface area (Å²) in [5.74, 6) is 1.51. The molecule has 0 saturated carbocycles. The highest BCUT2D eigenvalue weighted by Gasteiger charge is 2.49. The highest BCUT2D eigenvalue weighted by molar-refractivity contribution is 7.99. The number of thioether (sulfide) groups is 1. The fraction of sp³-hybridized carbons (Fsp3) is 1.00. The van der Waals surface area contributed by atoms with Gasteiger partial charge in [0.2, 0.25) is 0 Å². The van der Waals surface area contributed by atoms with Crippen molar-refractivity contribution in [1.29, 1.82) is 0 Å². The Kier molecular flexibility index (Phi) is 5.06. The molecule has 2 rings (SSSR count). The molecule has 0 bridgehead atoms. The Morgan fingerprint density at radius 1 is 1.47 bits per heavy atom. The van der Waals surface area contributed by atoms with Crippen LogP contribution in [0.1, 0.15) is 32.6 Å². The lowest BCUT2D eigenvalue weighted by molar-refractivity contribution is -0.185. The molecule has 19 heavy (non-hydrogen) atoms. The van der Waals surface area contributed by atoms with E-state index in [4.69, 9.17) is 4.74 Å². The van der Waals surface area contributed by atoms with Gasteiger partial charge in [-0.3, -0.25) is 0 Å². The first-order valence-electron chi connectivity index (χ1n) is 6.99. The molecule has 0 radical (unpaired) electrons. The van der Waals surface area contributed by atoms with Crippen LogP contribution in [0.25, 0.3) is 0 Å². The van der Waals surface area contributed by atoms with Crippen molar-refractivity contribution in [2.24, 2.45) is 5.92 Å². The lowest BCUT2D eigenvalue weighted by Crippen LogP contribution is -2.53. The van der Waals surface area contributed by atoms with Crippen molar-refractivity contribution in [3.8, 4) is 0 Å². The molecule has 2 aliphatic heterocycles. The lowest BCUT2D eigenvalue weighted by atomic mass is 9.81. The van der Waals surface area contributed by atoms with E-state index in [2.05, 4.69) is 5.32 Å². The van der Waals surface area contributed by atoms with Gasteiger partial charge in [0.05, 0.1) is 5.60 Å². The number of hydrogen-bond donors (Lipinski definition) is 1. The summed E-state index contributed by atoms with van der Waals surface area (Å²) in [4.78, 5) is 0. The van der Waals surface area contributed by atoms with Crippen molar-refractivity contribution in [1.82, 2.24) is 5.32 Å². The summed E-state index contributed by atoms with van der Waals surface area (Å²) >= 11 is 1.79. The molecule has 2 heterocycles. The summed E-state index contributed by atoms with van der Waals surface area (Å²) in [6.07, 6.45) is -1.50. The standard InChI is InChI=1S/C13H22F3NOS/c1-2-5-17-11(13(14,15)16)10-3-6-18-12(8-10)4-7-19-9-12/h10-11,17H,2-9H2,1H3. The van der Waals surface area contributed by atoms with Crippen LogP contribution in [0.4, 0.5) is 13.2 Å². The Bertz CT molecular complexity index is 292. The second kappa shape index (κ2) is 6.22. The number of hydrogen-bond acceptors (Lipinski definition) is 3. The molecule has 0 aromatic rings. The molecule has 1 spiro atoms. The van der Waals surface area contributed by atoms with Crippen molar-refractivity contribution in [2.75, 3.05) is 24.7 Å². The first kappa shape index (κ1) is 15.4. The quantitative estimate of drug-likeness (QED) is 0.861. The van der Waals surface area contributed by atoms with Crippen LogP contribution in [0, 0.1) is 5.92 Å². The fourth-order valence-electron chi connectivity index (χ4n) is 3.06. The summed E-state index contributed by atoms with van der Waals surface area (Å²) in [6.45, 7) is 2.77. The number of nitrogens with one attached hydrogen (secondary N) is 1. The van der Waals surface area contributed by atoms with Crippen molar-refractivity contribution in [3.63, 3.8) is 0 Å². The van der Waals surface area contributed by atoms with Gasteiger partial charge >= 0.3 is 6.18 Å². The van der Waals surface area contributed by atoms with E-state index >= 15 is 0 Å². The molecule has 3 atom stereocenters. The predicted octanol–water partition coefficient (Wildman–Crippen LogP) is 3.22. The lowest BCUT2D eigenvalue weighted by Gasteiger charge is -2.41. The maximum atomic E-state index is 13.2. The van der Waals surface area contributed by atoms with E-state index in [9.17, 15) is 13.2 Å². The Hall–Kier alpha value is 0.0600. The number of halogens is 3. The first-order valence-corrected chi connectivity index (χ1v) is 8.14. The minimum atomic E-state index is -4.16. The monoisotopic (exact) mass is 297 g/mol. The second-order valence-electron chi connectivity index (χ2n) is 5.56. The zero-order valence-corrected chi connectivity index (χ0v) is 12.1. The molecule has 2 aliphatic rings. The fourth-order valence-corrected chi connectivity index (χ4v) is 4.44. The largest absolute Gasteiger partial charge is 0.404 e. The van der Waals surface area contributed by atoms with Crippen molar-refractivity contribution in [2.45, 2.75) is 50.4 Å². The van der Waals surface area contributed by atoms with Gasteiger partial charge in [0.25, 0.3) is 0 Å². The van der Waals surface area contributed by atoms with E-state index in [0.717, 1.165) is 24.3 Å². The van der Waals surface area contributed by atoms with Gasteiger partial charge in [0.15, 0.2) is 0 Å². The maximum absolute atomic E-state index is 13.2. The molecule has 2 nitrogen and oxygen atoms in total. The van der Waals surface area contributed by atoms with Gasteiger partial charge in [-0.15, -0.1) is 0 Å². The molecule has 6 heteroatoms.